The number of aryl methyl sites for hydroxylation is 2. The SMILES string of the molecule is Cc1cc(C)n(Cc2cccc(CNC(=O)CCN3C(=O)CCC3=O)c2)n1. The van der Waals surface area contributed by atoms with Crippen molar-refractivity contribution in [1.29, 1.82) is 0 Å². The van der Waals surface area contributed by atoms with Crippen LogP contribution in [0.3, 0.4) is 0 Å². The molecule has 142 valence electrons. The van der Waals surface area contributed by atoms with Crippen LogP contribution < -0.4 is 5.32 Å². The molecule has 1 N–H and O–H groups in total. The Bertz CT molecular complexity index is 856. The number of hydrogen-bond donors (Lipinski definition) is 1. The second kappa shape index (κ2) is 8.16. The lowest BCUT2D eigenvalue weighted by Crippen LogP contribution is -2.34. The van der Waals surface area contributed by atoms with Crippen molar-refractivity contribution in [3.8, 4) is 0 Å². The Labute approximate surface area is 158 Å². The number of nitrogens with one attached hydrogen (secondary N) is 1. The molecule has 7 nitrogen and oxygen atoms in total. The largest absolute Gasteiger partial charge is 0.352 e. The topological polar surface area (TPSA) is 84.3 Å². The van der Waals surface area contributed by atoms with Crippen LogP contribution in [0.25, 0.3) is 0 Å². The van der Waals surface area contributed by atoms with Gasteiger partial charge < -0.3 is 5.32 Å². The standard InChI is InChI=1S/C20H24N4O3/c1-14-10-15(2)24(22-14)13-17-5-3-4-16(11-17)12-21-18(25)8-9-23-19(26)6-7-20(23)27/h3-5,10-11H,6-9,12-13H2,1-2H3,(H,21,25). The Morgan fingerprint density at radius 3 is 2.48 bits per heavy atom. The second-order valence-corrected chi connectivity index (χ2v) is 6.87. The predicted molar refractivity (Wildman–Crippen MR) is 99.7 cm³/mol. The van der Waals surface area contributed by atoms with Crippen LogP contribution in [0.4, 0.5) is 0 Å². The molecule has 3 rings (SSSR count). The highest BCUT2D eigenvalue weighted by Crippen LogP contribution is 2.12. The summed E-state index contributed by atoms with van der Waals surface area (Å²) in [5.74, 6) is -0.555. The average molecular weight is 368 g/mol. The van der Waals surface area contributed by atoms with E-state index in [4.69, 9.17) is 0 Å². The molecule has 1 aliphatic heterocycles. The van der Waals surface area contributed by atoms with E-state index in [2.05, 4.69) is 10.4 Å². The van der Waals surface area contributed by atoms with Crippen LogP contribution in [-0.4, -0.2) is 38.9 Å². The van der Waals surface area contributed by atoms with E-state index in [9.17, 15) is 14.4 Å². The van der Waals surface area contributed by atoms with E-state index in [1.54, 1.807) is 0 Å². The second-order valence-electron chi connectivity index (χ2n) is 6.87. The number of benzene rings is 1. The Kier molecular flexibility index (Phi) is 5.69. The number of likely N-dealkylation sites (tertiary alicyclic amines) is 1. The lowest BCUT2D eigenvalue weighted by Gasteiger charge is -2.13. The number of aromatic nitrogens is 2. The molecule has 3 amide bonds. The Morgan fingerprint density at radius 2 is 1.81 bits per heavy atom. The van der Waals surface area contributed by atoms with Crippen molar-refractivity contribution < 1.29 is 14.4 Å². The van der Waals surface area contributed by atoms with Crippen molar-refractivity contribution in [3.63, 3.8) is 0 Å². The van der Waals surface area contributed by atoms with E-state index >= 15 is 0 Å². The molecule has 7 heteroatoms. The number of carbonyl (C=O) groups excluding carboxylic acids is 3. The van der Waals surface area contributed by atoms with Gasteiger partial charge in [-0.25, -0.2) is 0 Å². The van der Waals surface area contributed by atoms with Gasteiger partial charge in [0, 0.05) is 38.0 Å². The summed E-state index contributed by atoms with van der Waals surface area (Å²) in [5, 5.41) is 7.32. The molecule has 0 unspecified atom stereocenters. The molecule has 1 aliphatic rings. The predicted octanol–water partition coefficient (Wildman–Crippen LogP) is 1.70. The normalized spacial score (nSPS) is 14.1. The van der Waals surface area contributed by atoms with Crippen molar-refractivity contribution in [3.05, 3.63) is 52.8 Å². The maximum Gasteiger partial charge on any atom is 0.229 e. The molecule has 1 fully saturated rings. The van der Waals surface area contributed by atoms with Gasteiger partial charge in [-0.15, -0.1) is 0 Å². The minimum atomic E-state index is -0.190. The minimum Gasteiger partial charge on any atom is -0.352 e. The third kappa shape index (κ3) is 4.81. The highest BCUT2D eigenvalue weighted by atomic mass is 16.2. The molecule has 1 saturated heterocycles. The summed E-state index contributed by atoms with van der Waals surface area (Å²) in [5.41, 5.74) is 4.21. The molecule has 1 aromatic carbocycles. The maximum absolute atomic E-state index is 12.0. The molecule has 0 radical (unpaired) electrons. The van der Waals surface area contributed by atoms with Gasteiger partial charge in [0.15, 0.2) is 0 Å². The average Bonchev–Trinajstić information content (AvgIpc) is 3.12. The number of amides is 3. The fourth-order valence-corrected chi connectivity index (χ4v) is 3.22. The van der Waals surface area contributed by atoms with Gasteiger partial charge >= 0.3 is 0 Å². The Hall–Kier alpha value is -2.96. The van der Waals surface area contributed by atoms with Crippen molar-refractivity contribution in [2.75, 3.05) is 6.54 Å². The molecule has 2 heterocycles. The van der Waals surface area contributed by atoms with Crippen molar-refractivity contribution in [2.24, 2.45) is 0 Å². The molecule has 2 aromatic rings. The van der Waals surface area contributed by atoms with Crippen molar-refractivity contribution >= 4 is 17.7 Å². The third-order valence-electron chi connectivity index (χ3n) is 4.63. The first-order chi connectivity index (χ1) is 12.9. The fourth-order valence-electron chi connectivity index (χ4n) is 3.22. The first kappa shape index (κ1) is 18.8. The summed E-state index contributed by atoms with van der Waals surface area (Å²) >= 11 is 0. The zero-order chi connectivity index (χ0) is 19.4. The van der Waals surface area contributed by atoms with E-state index in [-0.39, 0.29) is 43.5 Å². The first-order valence-electron chi connectivity index (χ1n) is 9.11. The molecule has 0 atom stereocenters. The number of nitrogens with zero attached hydrogens (tertiary/aromatic N) is 3. The van der Waals surface area contributed by atoms with Crippen LogP contribution in [0.2, 0.25) is 0 Å². The lowest BCUT2D eigenvalue weighted by atomic mass is 10.1. The highest BCUT2D eigenvalue weighted by molar-refractivity contribution is 6.02. The molecule has 0 spiro atoms. The number of hydrogen-bond acceptors (Lipinski definition) is 4. The van der Waals surface area contributed by atoms with Crippen LogP contribution in [0, 0.1) is 13.8 Å². The number of carbonyl (C=O) groups is 3. The van der Waals surface area contributed by atoms with Crippen LogP contribution >= 0.6 is 0 Å². The van der Waals surface area contributed by atoms with Gasteiger partial charge in [0.25, 0.3) is 0 Å². The van der Waals surface area contributed by atoms with Gasteiger partial charge in [-0.3, -0.25) is 24.0 Å². The van der Waals surface area contributed by atoms with Gasteiger partial charge in [-0.1, -0.05) is 24.3 Å². The summed E-state index contributed by atoms with van der Waals surface area (Å²) in [4.78, 5) is 36.3. The van der Waals surface area contributed by atoms with Gasteiger partial charge in [0.05, 0.1) is 12.2 Å². The lowest BCUT2D eigenvalue weighted by molar-refractivity contribution is -0.138. The maximum atomic E-state index is 12.0. The van der Waals surface area contributed by atoms with Crippen molar-refractivity contribution in [1.82, 2.24) is 20.0 Å². The smallest absolute Gasteiger partial charge is 0.229 e. The van der Waals surface area contributed by atoms with Crippen molar-refractivity contribution in [2.45, 2.75) is 46.2 Å². The van der Waals surface area contributed by atoms with E-state index in [0.717, 1.165) is 22.5 Å². The minimum absolute atomic E-state index is 0.128. The first-order valence-corrected chi connectivity index (χ1v) is 9.11. The molecular weight excluding hydrogens is 344 g/mol. The van der Waals surface area contributed by atoms with E-state index in [1.165, 1.54) is 4.90 Å². The fraction of sp³-hybridized carbons (Fsp3) is 0.400. The molecule has 27 heavy (non-hydrogen) atoms. The van der Waals surface area contributed by atoms with E-state index in [1.807, 2.05) is 48.9 Å². The van der Waals surface area contributed by atoms with Gasteiger partial charge in [-0.05, 0) is 31.0 Å². The zero-order valence-corrected chi connectivity index (χ0v) is 15.7. The summed E-state index contributed by atoms with van der Waals surface area (Å²) in [7, 11) is 0. The van der Waals surface area contributed by atoms with Crippen LogP contribution in [0.1, 0.15) is 41.8 Å². The van der Waals surface area contributed by atoms with E-state index in [0.29, 0.717) is 13.1 Å². The summed E-state index contributed by atoms with van der Waals surface area (Å²) in [6.45, 7) is 5.24. The molecule has 0 saturated carbocycles. The summed E-state index contributed by atoms with van der Waals surface area (Å²) < 4.78 is 1.96. The van der Waals surface area contributed by atoms with Crippen LogP contribution in [0.5, 0.6) is 0 Å². The number of rotatable bonds is 7. The van der Waals surface area contributed by atoms with Crippen LogP contribution in [-0.2, 0) is 27.5 Å². The summed E-state index contributed by atoms with van der Waals surface area (Å²) in [6.07, 6.45) is 0.633. The van der Waals surface area contributed by atoms with E-state index < -0.39 is 0 Å². The third-order valence-corrected chi connectivity index (χ3v) is 4.63. The molecule has 0 bridgehead atoms. The van der Waals surface area contributed by atoms with Gasteiger partial charge in [0.2, 0.25) is 17.7 Å². The van der Waals surface area contributed by atoms with Gasteiger partial charge in [0.1, 0.15) is 0 Å². The highest BCUT2D eigenvalue weighted by Gasteiger charge is 2.28. The number of imide groups is 1. The summed E-state index contributed by atoms with van der Waals surface area (Å²) in [6, 6.07) is 10.0. The van der Waals surface area contributed by atoms with Gasteiger partial charge in [-0.2, -0.15) is 5.10 Å². The molecular formula is C20H24N4O3. The zero-order valence-electron chi connectivity index (χ0n) is 15.7. The monoisotopic (exact) mass is 368 g/mol. The molecule has 0 aliphatic carbocycles. The quantitative estimate of drug-likeness (QED) is 0.754. The molecule has 1 aromatic heterocycles. The Balaban J connectivity index is 1.50. The van der Waals surface area contributed by atoms with Crippen LogP contribution in [0.15, 0.2) is 30.3 Å². The Morgan fingerprint density at radius 1 is 1.11 bits per heavy atom.